The molecule has 3 N–H and O–H groups in total. The summed E-state index contributed by atoms with van der Waals surface area (Å²) in [4.78, 5) is 11.9. The van der Waals surface area contributed by atoms with Gasteiger partial charge >= 0.3 is 0 Å². The van der Waals surface area contributed by atoms with E-state index in [1.165, 1.54) is 6.08 Å². The first-order valence-electron chi connectivity index (χ1n) is 7.14. The highest BCUT2D eigenvalue weighted by Gasteiger charge is 2.39. The van der Waals surface area contributed by atoms with Crippen molar-refractivity contribution in [1.82, 2.24) is 5.32 Å². The fraction of sp³-hybridized carbons (Fsp3) is 0.438. The maximum absolute atomic E-state index is 11.9. The second-order valence-electron chi connectivity index (χ2n) is 5.03. The van der Waals surface area contributed by atoms with E-state index in [4.69, 9.17) is 15.2 Å². The van der Waals surface area contributed by atoms with E-state index in [-0.39, 0.29) is 24.1 Å². The summed E-state index contributed by atoms with van der Waals surface area (Å²) in [6.07, 6.45) is 4.09. The predicted molar refractivity (Wildman–Crippen MR) is 82.0 cm³/mol. The quantitative estimate of drug-likeness (QED) is 0.775. The number of carbonyl (C=O) groups is 1. The Morgan fingerprint density at radius 1 is 1.43 bits per heavy atom. The zero-order valence-corrected chi connectivity index (χ0v) is 12.4. The van der Waals surface area contributed by atoms with E-state index >= 15 is 0 Å². The van der Waals surface area contributed by atoms with Crippen LogP contribution in [0.3, 0.4) is 0 Å². The van der Waals surface area contributed by atoms with Crippen LogP contribution >= 0.6 is 0 Å². The molecule has 1 fully saturated rings. The van der Waals surface area contributed by atoms with Crippen molar-refractivity contribution >= 4 is 12.0 Å². The second-order valence-corrected chi connectivity index (χ2v) is 5.03. The molecule has 5 nitrogen and oxygen atoms in total. The number of rotatable bonds is 6. The SMILES string of the molecule is CCOC1CC(N)C1NC(=O)C=Cc1ccc(OC)cc1. The maximum Gasteiger partial charge on any atom is 0.244 e. The molecule has 3 atom stereocenters. The van der Waals surface area contributed by atoms with Crippen molar-refractivity contribution in [2.75, 3.05) is 13.7 Å². The highest BCUT2D eigenvalue weighted by Crippen LogP contribution is 2.22. The van der Waals surface area contributed by atoms with Crippen molar-refractivity contribution in [2.45, 2.75) is 31.5 Å². The molecule has 0 spiro atoms. The van der Waals surface area contributed by atoms with Crippen LogP contribution in [0.2, 0.25) is 0 Å². The first kappa shape index (κ1) is 15.5. The van der Waals surface area contributed by atoms with Crippen LogP contribution in [-0.2, 0) is 9.53 Å². The largest absolute Gasteiger partial charge is 0.497 e. The van der Waals surface area contributed by atoms with E-state index in [0.717, 1.165) is 17.7 Å². The van der Waals surface area contributed by atoms with Crippen LogP contribution in [0.15, 0.2) is 30.3 Å². The molecular weight excluding hydrogens is 268 g/mol. The highest BCUT2D eigenvalue weighted by molar-refractivity contribution is 5.92. The Kier molecular flexibility index (Phi) is 5.36. The van der Waals surface area contributed by atoms with Crippen molar-refractivity contribution < 1.29 is 14.3 Å². The Hall–Kier alpha value is -1.85. The summed E-state index contributed by atoms with van der Waals surface area (Å²) in [6, 6.07) is 7.36. The molecule has 0 saturated heterocycles. The van der Waals surface area contributed by atoms with Crippen molar-refractivity contribution in [3.63, 3.8) is 0 Å². The minimum Gasteiger partial charge on any atom is -0.497 e. The van der Waals surface area contributed by atoms with Gasteiger partial charge in [-0.1, -0.05) is 12.1 Å². The molecule has 1 amide bonds. The number of hydrogen-bond donors (Lipinski definition) is 2. The molecular formula is C16H22N2O3. The van der Waals surface area contributed by atoms with Crippen molar-refractivity contribution in [2.24, 2.45) is 5.73 Å². The zero-order valence-electron chi connectivity index (χ0n) is 12.4. The molecule has 0 aliphatic heterocycles. The van der Waals surface area contributed by atoms with Crippen molar-refractivity contribution in [3.05, 3.63) is 35.9 Å². The van der Waals surface area contributed by atoms with E-state index in [1.54, 1.807) is 13.2 Å². The lowest BCUT2D eigenvalue weighted by Crippen LogP contribution is -2.64. The number of hydrogen-bond acceptors (Lipinski definition) is 4. The molecule has 0 aromatic heterocycles. The third kappa shape index (κ3) is 4.06. The molecule has 0 radical (unpaired) electrons. The molecule has 0 bridgehead atoms. The lowest BCUT2D eigenvalue weighted by molar-refractivity contribution is -0.121. The van der Waals surface area contributed by atoms with Gasteiger partial charge in [-0.05, 0) is 37.1 Å². The number of nitrogens with one attached hydrogen (secondary N) is 1. The van der Waals surface area contributed by atoms with Gasteiger partial charge in [-0.15, -0.1) is 0 Å². The Labute approximate surface area is 125 Å². The Balaban J connectivity index is 1.87. The molecule has 3 unspecified atom stereocenters. The third-order valence-electron chi connectivity index (χ3n) is 3.60. The Bertz CT molecular complexity index is 497. The summed E-state index contributed by atoms with van der Waals surface area (Å²) in [7, 11) is 1.62. The average Bonchev–Trinajstić information content (AvgIpc) is 2.51. The third-order valence-corrected chi connectivity index (χ3v) is 3.60. The van der Waals surface area contributed by atoms with Crippen LogP contribution in [0.4, 0.5) is 0 Å². The van der Waals surface area contributed by atoms with Gasteiger partial charge in [0.05, 0.1) is 19.3 Å². The minimum atomic E-state index is -0.157. The van der Waals surface area contributed by atoms with Gasteiger partial charge in [0.2, 0.25) is 5.91 Å². The van der Waals surface area contributed by atoms with E-state index in [1.807, 2.05) is 31.2 Å². The molecule has 5 heteroatoms. The van der Waals surface area contributed by atoms with Crippen LogP contribution in [0.5, 0.6) is 5.75 Å². The van der Waals surface area contributed by atoms with Gasteiger partial charge in [-0.3, -0.25) is 4.79 Å². The Morgan fingerprint density at radius 3 is 2.71 bits per heavy atom. The molecule has 1 aliphatic carbocycles. The van der Waals surface area contributed by atoms with Gasteiger partial charge in [0.25, 0.3) is 0 Å². The lowest BCUT2D eigenvalue weighted by atomic mass is 9.83. The summed E-state index contributed by atoms with van der Waals surface area (Å²) in [5.74, 6) is 0.632. The molecule has 114 valence electrons. The summed E-state index contributed by atoms with van der Waals surface area (Å²) < 4.78 is 10.6. The van der Waals surface area contributed by atoms with Crippen LogP contribution < -0.4 is 15.8 Å². The fourth-order valence-electron chi connectivity index (χ4n) is 2.33. The van der Waals surface area contributed by atoms with Gasteiger partial charge in [-0.25, -0.2) is 0 Å². The van der Waals surface area contributed by atoms with Gasteiger partial charge in [0.15, 0.2) is 0 Å². The van der Waals surface area contributed by atoms with Crippen LogP contribution in [0.25, 0.3) is 6.08 Å². The molecule has 1 aromatic rings. The number of ether oxygens (including phenoxy) is 2. The summed E-state index contributed by atoms with van der Waals surface area (Å²) in [5, 5.41) is 2.89. The van der Waals surface area contributed by atoms with Gasteiger partial charge in [0, 0.05) is 18.7 Å². The first-order valence-corrected chi connectivity index (χ1v) is 7.14. The fourth-order valence-corrected chi connectivity index (χ4v) is 2.33. The number of benzene rings is 1. The molecule has 1 saturated carbocycles. The zero-order chi connectivity index (χ0) is 15.2. The monoisotopic (exact) mass is 290 g/mol. The molecule has 2 rings (SSSR count). The second kappa shape index (κ2) is 7.24. The summed E-state index contributed by atoms with van der Waals surface area (Å²) >= 11 is 0. The normalized spacial score (nSPS) is 24.6. The van der Waals surface area contributed by atoms with Gasteiger partial charge < -0.3 is 20.5 Å². The molecule has 1 aliphatic rings. The standard InChI is InChI=1S/C16H22N2O3/c1-3-21-14-10-13(17)16(14)18-15(19)9-6-11-4-7-12(20-2)8-5-11/h4-9,13-14,16H,3,10,17H2,1-2H3,(H,18,19). The predicted octanol–water partition coefficient (Wildman–Crippen LogP) is 1.33. The maximum atomic E-state index is 11.9. The number of amides is 1. The molecule has 21 heavy (non-hydrogen) atoms. The Morgan fingerprint density at radius 2 is 2.14 bits per heavy atom. The van der Waals surface area contributed by atoms with Crippen LogP contribution in [0, 0.1) is 0 Å². The van der Waals surface area contributed by atoms with E-state index in [2.05, 4.69) is 5.32 Å². The van der Waals surface area contributed by atoms with E-state index in [0.29, 0.717) is 6.61 Å². The lowest BCUT2D eigenvalue weighted by Gasteiger charge is -2.42. The summed E-state index contributed by atoms with van der Waals surface area (Å²) in [6.45, 7) is 2.57. The smallest absolute Gasteiger partial charge is 0.244 e. The molecule has 1 aromatic carbocycles. The molecule has 0 heterocycles. The van der Waals surface area contributed by atoms with Gasteiger partial charge in [0.1, 0.15) is 5.75 Å². The number of carbonyl (C=O) groups excluding carboxylic acids is 1. The summed E-state index contributed by atoms with van der Waals surface area (Å²) in [5.41, 5.74) is 6.83. The van der Waals surface area contributed by atoms with Crippen molar-refractivity contribution in [3.8, 4) is 5.75 Å². The van der Waals surface area contributed by atoms with Gasteiger partial charge in [-0.2, -0.15) is 0 Å². The highest BCUT2D eigenvalue weighted by atomic mass is 16.5. The topological polar surface area (TPSA) is 73.6 Å². The average molecular weight is 290 g/mol. The van der Waals surface area contributed by atoms with Crippen LogP contribution in [-0.4, -0.2) is 37.8 Å². The van der Waals surface area contributed by atoms with E-state index in [9.17, 15) is 4.79 Å². The van der Waals surface area contributed by atoms with E-state index < -0.39 is 0 Å². The van der Waals surface area contributed by atoms with Crippen molar-refractivity contribution in [1.29, 1.82) is 0 Å². The number of nitrogens with two attached hydrogens (primary N) is 1. The van der Waals surface area contributed by atoms with Crippen LogP contribution in [0.1, 0.15) is 18.9 Å². The first-order chi connectivity index (χ1) is 10.1. The number of methoxy groups -OCH3 is 1. The minimum absolute atomic E-state index is 0.0279.